The van der Waals surface area contributed by atoms with E-state index in [1.165, 1.54) is 0 Å². The number of hydrogen-bond donors (Lipinski definition) is 0. The van der Waals surface area contributed by atoms with Gasteiger partial charge in [0.1, 0.15) is 5.75 Å². The van der Waals surface area contributed by atoms with Crippen molar-refractivity contribution in [3.05, 3.63) is 63.2 Å². The molecule has 1 aliphatic rings. The van der Waals surface area contributed by atoms with Crippen LogP contribution in [0.15, 0.2) is 48.5 Å². The highest BCUT2D eigenvalue weighted by Crippen LogP contribution is 2.14. The van der Waals surface area contributed by atoms with Gasteiger partial charge in [0.2, 0.25) is 0 Å². The van der Waals surface area contributed by atoms with Crippen molar-refractivity contribution in [1.29, 1.82) is 0 Å². The third kappa shape index (κ3) is 4.75. The third-order valence-electron chi connectivity index (χ3n) is 4.39. The Balaban J connectivity index is 1.48. The zero-order valence-electron chi connectivity index (χ0n) is 14.7. The van der Waals surface area contributed by atoms with E-state index in [0.717, 1.165) is 9.13 Å². The lowest BCUT2D eigenvalue weighted by Gasteiger charge is -2.34. The maximum Gasteiger partial charge on any atom is 0.260 e. The van der Waals surface area contributed by atoms with Gasteiger partial charge in [0.25, 0.3) is 11.8 Å². The molecule has 6 heteroatoms. The van der Waals surface area contributed by atoms with Crippen molar-refractivity contribution in [3.63, 3.8) is 0 Å². The van der Waals surface area contributed by atoms with Gasteiger partial charge in [0.05, 0.1) is 0 Å². The molecule has 5 nitrogen and oxygen atoms in total. The second-order valence-corrected chi connectivity index (χ2v) is 7.53. The van der Waals surface area contributed by atoms with Crippen molar-refractivity contribution < 1.29 is 14.3 Å². The van der Waals surface area contributed by atoms with Crippen LogP contribution in [0.25, 0.3) is 0 Å². The molecule has 0 saturated carbocycles. The molecule has 0 atom stereocenters. The topological polar surface area (TPSA) is 49.9 Å². The molecule has 0 aliphatic carbocycles. The van der Waals surface area contributed by atoms with E-state index in [2.05, 4.69) is 22.6 Å². The van der Waals surface area contributed by atoms with Crippen molar-refractivity contribution in [2.45, 2.75) is 6.92 Å². The third-order valence-corrected chi connectivity index (χ3v) is 5.11. The Bertz CT molecular complexity index is 767. The van der Waals surface area contributed by atoms with Crippen LogP contribution in [-0.2, 0) is 4.79 Å². The highest BCUT2D eigenvalue weighted by atomic mass is 127. The first-order chi connectivity index (χ1) is 12.5. The molecule has 1 aliphatic heterocycles. The van der Waals surface area contributed by atoms with Gasteiger partial charge in [-0.25, -0.2) is 0 Å². The second-order valence-electron chi connectivity index (χ2n) is 6.28. The minimum Gasteiger partial charge on any atom is -0.484 e. The maximum atomic E-state index is 12.5. The summed E-state index contributed by atoms with van der Waals surface area (Å²) in [5.41, 5.74) is 1.82. The van der Waals surface area contributed by atoms with E-state index in [9.17, 15) is 9.59 Å². The Morgan fingerprint density at radius 1 is 0.923 bits per heavy atom. The Morgan fingerprint density at radius 2 is 1.50 bits per heavy atom. The Morgan fingerprint density at radius 3 is 2.12 bits per heavy atom. The first-order valence-corrected chi connectivity index (χ1v) is 9.63. The number of carbonyl (C=O) groups is 2. The Kier molecular flexibility index (Phi) is 6.13. The summed E-state index contributed by atoms with van der Waals surface area (Å²) in [5.74, 6) is 0.658. The fourth-order valence-electron chi connectivity index (χ4n) is 2.80. The van der Waals surface area contributed by atoms with Crippen molar-refractivity contribution in [2.75, 3.05) is 32.8 Å². The average molecular weight is 464 g/mol. The number of nitrogens with zero attached hydrogens (tertiary/aromatic N) is 2. The molecule has 3 rings (SSSR count). The molecule has 0 aromatic heterocycles. The van der Waals surface area contributed by atoms with Crippen LogP contribution in [0.3, 0.4) is 0 Å². The predicted octanol–water partition coefficient (Wildman–Crippen LogP) is 2.96. The quantitative estimate of drug-likeness (QED) is 0.654. The van der Waals surface area contributed by atoms with Crippen LogP contribution in [0.4, 0.5) is 0 Å². The van der Waals surface area contributed by atoms with Gasteiger partial charge in [0, 0.05) is 35.3 Å². The molecule has 26 heavy (non-hydrogen) atoms. The van der Waals surface area contributed by atoms with E-state index in [1.54, 1.807) is 9.80 Å². The highest BCUT2D eigenvalue weighted by Gasteiger charge is 2.25. The van der Waals surface area contributed by atoms with Gasteiger partial charge in [-0.2, -0.15) is 0 Å². The zero-order chi connectivity index (χ0) is 18.5. The van der Waals surface area contributed by atoms with Gasteiger partial charge in [-0.1, -0.05) is 17.7 Å². The lowest BCUT2D eigenvalue weighted by atomic mass is 10.1. The van der Waals surface area contributed by atoms with E-state index in [0.29, 0.717) is 37.5 Å². The molecule has 0 unspecified atom stereocenters. The van der Waals surface area contributed by atoms with Crippen molar-refractivity contribution in [3.8, 4) is 5.75 Å². The molecule has 2 aromatic carbocycles. The fourth-order valence-corrected chi connectivity index (χ4v) is 3.16. The molecule has 0 spiro atoms. The van der Waals surface area contributed by atoms with E-state index < -0.39 is 0 Å². The Labute approximate surface area is 167 Å². The van der Waals surface area contributed by atoms with E-state index >= 15 is 0 Å². The maximum absolute atomic E-state index is 12.5. The number of hydrogen-bond acceptors (Lipinski definition) is 3. The lowest BCUT2D eigenvalue weighted by molar-refractivity contribution is -0.134. The molecule has 1 fully saturated rings. The van der Waals surface area contributed by atoms with Gasteiger partial charge in [0.15, 0.2) is 6.61 Å². The van der Waals surface area contributed by atoms with Crippen LogP contribution in [0.1, 0.15) is 15.9 Å². The second kappa shape index (κ2) is 8.53. The number of amides is 2. The summed E-state index contributed by atoms with van der Waals surface area (Å²) in [6, 6.07) is 15.2. The molecule has 136 valence electrons. The number of ether oxygens (including phenoxy) is 1. The molecule has 0 radical (unpaired) electrons. The molecule has 2 amide bonds. The minimum absolute atomic E-state index is 0.0203. The summed E-state index contributed by atoms with van der Waals surface area (Å²) < 4.78 is 6.68. The van der Waals surface area contributed by atoms with Gasteiger partial charge in [-0.3, -0.25) is 9.59 Å². The van der Waals surface area contributed by atoms with Gasteiger partial charge >= 0.3 is 0 Å². The van der Waals surface area contributed by atoms with Crippen LogP contribution in [0, 0.1) is 10.5 Å². The summed E-state index contributed by atoms with van der Waals surface area (Å²) in [6.45, 7) is 4.17. The highest BCUT2D eigenvalue weighted by molar-refractivity contribution is 14.1. The number of halogens is 1. The number of carbonyl (C=O) groups excluding carboxylic acids is 2. The summed E-state index contributed by atoms with van der Waals surface area (Å²) in [6.07, 6.45) is 0. The molecule has 1 saturated heterocycles. The van der Waals surface area contributed by atoms with E-state index in [1.807, 2.05) is 55.5 Å². The SMILES string of the molecule is Cc1ccc(C(=O)N2CCN(C(=O)COc3ccc(I)cc3)CC2)cc1. The lowest BCUT2D eigenvalue weighted by Crippen LogP contribution is -2.51. The molecule has 1 heterocycles. The molecule has 0 N–H and O–H groups in total. The number of rotatable bonds is 4. The Hall–Kier alpha value is -2.09. The van der Waals surface area contributed by atoms with Crippen LogP contribution in [-0.4, -0.2) is 54.4 Å². The molecular weight excluding hydrogens is 443 g/mol. The monoisotopic (exact) mass is 464 g/mol. The number of piperazine rings is 1. The minimum atomic E-state index is -0.0500. The van der Waals surface area contributed by atoms with Crippen LogP contribution in [0.5, 0.6) is 5.75 Å². The smallest absolute Gasteiger partial charge is 0.260 e. The average Bonchev–Trinajstić information content (AvgIpc) is 2.67. The van der Waals surface area contributed by atoms with E-state index in [-0.39, 0.29) is 18.4 Å². The van der Waals surface area contributed by atoms with Crippen molar-refractivity contribution in [2.24, 2.45) is 0 Å². The van der Waals surface area contributed by atoms with E-state index in [4.69, 9.17) is 4.74 Å². The first-order valence-electron chi connectivity index (χ1n) is 8.55. The zero-order valence-corrected chi connectivity index (χ0v) is 16.8. The van der Waals surface area contributed by atoms with Crippen molar-refractivity contribution in [1.82, 2.24) is 9.80 Å². The standard InChI is InChI=1S/C20H21IN2O3/c1-15-2-4-16(5-3-15)20(25)23-12-10-22(11-13-23)19(24)14-26-18-8-6-17(21)7-9-18/h2-9H,10-14H2,1H3. The number of benzene rings is 2. The summed E-state index contributed by atoms with van der Waals surface area (Å²) in [7, 11) is 0. The molecule has 0 bridgehead atoms. The van der Waals surface area contributed by atoms with Crippen LogP contribution in [0.2, 0.25) is 0 Å². The normalized spacial score (nSPS) is 14.2. The van der Waals surface area contributed by atoms with Crippen LogP contribution >= 0.6 is 22.6 Å². The summed E-state index contributed by atoms with van der Waals surface area (Å²) >= 11 is 2.22. The predicted molar refractivity (Wildman–Crippen MR) is 108 cm³/mol. The van der Waals surface area contributed by atoms with Crippen LogP contribution < -0.4 is 4.74 Å². The first kappa shape index (κ1) is 18.7. The van der Waals surface area contributed by atoms with Gasteiger partial charge in [-0.05, 0) is 65.9 Å². The summed E-state index contributed by atoms with van der Waals surface area (Å²) in [4.78, 5) is 28.4. The van der Waals surface area contributed by atoms with Crippen molar-refractivity contribution >= 4 is 34.4 Å². The summed E-state index contributed by atoms with van der Waals surface area (Å²) in [5, 5.41) is 0. The number of aryl methyl sites for hydroxylation is 1. The largest absolute Gasteiger partial charge is 0.484 e. The molecule has 2 aromatic rings. The van der Waals surface area contributed by atoms with Gasteiger partial charge in [-0.15, -0.1) is 0 Å². The van der Waals surface area contributed by atoms with Gasteiger partial charge < -0.3 is 14.5 Å². The fraction of sp³-hybridized carbons (Fsp3) is 0.300. The molecular formula is C20H21IN2O3.